The van der Waals surface area contributed by atoms with Gasteiger partial charge in [0.2, 0.25) is 0 Å². The van der Waals surface area contributed by atoms with E-state index in [0.29, 0.717) is 35.9 Å². The van der Waals surface area contributed by atoms with Crippen molar-refractivity contribution in [3.05, 3.63) is 71.9 Å². The maximum absolute atomic E-state index is 13.5. The molecule has 1 aliphatic carbocycles. The Morgan fingerprint density at radius 1 is 1.06 bits per heavy atom. The third-order valence-electron chi connectivity index (χ3n) is 6.45. The molecule has 3 atom stereocenters. The van der Waals surface area contributed by atoms with Crippen LogP contribution in [0.3, 0.4) is 0 Å². The summed E-state index contributed by atoms with van der Waals surface area (Å²) in [4.78, 5) is 39.8. The van der Waals surface area contributed by atoms with Crippen LogP contribution >= 0.6 is 0 Å². The average molecular weight is 415 g/mol. The highest BCUT2D eigenvalue weighted by molar-refractivity contribution is 5.99. The second kappa shape index (κ2) is 7.98. The number of rotatable bonds is 4. The van der Waals surface area contributed by atoms with Crippen LogP contribution in [-0.2, 0) is 0 Å². The number of hydrogen-bond donors (Lipinski definition) is 2. The summed E-state index contributed by atoms with van der Waals surface area (Å²) in [7, 11) is 0. The molecular formula is C24H25N5O2. The smallest absolute Gasteiger partial charge is 0.267 e. The molecular weight excluding hydrogens is 390 g/mol. The summed E-state index contributed by atoms with van der Waals surface area (Å²) in [6.07, 6.45) is 5.42. The zero-order chi connectivity index (χ0) is 21.4. The molecule has 3 heterocycles. The summed E-state index contributed by atoms with van der Waals surface area (Å²) in [6, 6.07) is 13.5. The van der Waals surface area contributed by atoms with Crippen molar-refractivity contribution >= 4 is 11.8 Å². The van der Waals surface area contributed by atoms with Crippen molar-refractivity contribution in [2.75, 3.05) is 13.1 Å². The largest absolute Gasteiger partial charge is 0.357 e. The number of nitrogens with one attached hydrogen (secondary N) is 2. The highest BCUT2D eigenvalue weighted by Gasteiger charge is 2.44. The third-order valence-corrected chi connectivity index (χ3v) is 6.45. The van der Waals surface area contributed by atoms with E-state index in [1.807, 2.05) is 48.2 Å². The van der Waals surface area contributed by atoms with E-state index < -0.39 is 0 Å². The van der Waals surface area contributed by atoms with Gasteiger partial charge in [-0.05, 0) is 43.7 Å². The van der Waals surface area contributed by atoms with E-state index in [1.165, 1.54) is 0 Å². The number of likely N-dealkylation sites (tertiary alicyclic amines) is 1. The normalized spacial score (nSPS) is 22.4. The average Bonchev–Trinajstić information content (AvgIpc) is 3.40. The van der Waals surface area contributed by atoms with Crippen LogP contribution in [0.5, 0.6) is 0 Å². The molecule has 1 saturated carbocycles. The number of hydrogen-bond acceptors (Lipinski definition) is 4. The first-order valence-corrected chi connectivity index (χ1v) is 10.7. The van der Waals surface area contributed by atoms with Gasteiger partial charge in [-0.25, -0.2) is 9.97 Å². The molecule has 3 aromatic rings. The molecule has 1 aromatic carbocycles. The van der Waals surface area contributed by atoms with Crippen LogP contribution in [0.4, 0.5) is 0 Å². The number of amides is 2. The highest BCUT2D eigenvalue weighted by atomic mass is 16.2. The van der Waals surface area contributed by atoms with Crippen molar-refractivity contribution < 1.29 is 9.59 Å². The first-order valence-electron chi connectivity index (χ1n) is 10.7. The van der Waals surface area contributed by atoms with Gasteiger partial charge >= 0.3 is 0 Å². The van der Waals surface area contributed by atoms with Gasteiger partial charge in [0.1, 0.15) is 11.5 Å². The molecule has 1 aliphatic heterocycles. The summed E-state index contributed by atoms with van der Waals surface area (Å²) >= 11 is 0. The van der Waals surface area contributed by atoms with Gasteiger partial charge in [-0.15, -0.1) is 0 Å². The Kier molecular flexibility index (Phi) is 5.02. The van der Waals surface area contributed by atoms with E-state index in [-0.39, 0.29) is 29.7 Å². The first-order chi connectivity index (χ1) is 15.1. The highest BCUT2D eigenvalue weighted by Crippen LogP contribution is 2.38. The molecule has 0 radical (unpaired) electrons. The standard InChI is InChI=1S/C24H25N5O2/c1-15-26-12-19(22(27-15)16-6-3-2-4-7-16)24(31)29-13-17-9-10-18(14-29)21(17)28-23(30)20-8-5-11-25-20/h2-8,11-12,17-18,21,25H,9-10,13-14H2,1H3,(H,28,30)/t17-,18+,21?. The second-order valence-corrected chi connectivity index (χ2v) is 8.44. The molecule has 7 nitrogen and oxygen atoms in total. The molecule has 2 fully saturated rings. The number of H-pyrrole nitrogens is 1. The number of aromatic nitrogens is 3. The zero-order valence-corrected chi connectivity index (χ0v) is 17.4. The molecule has 2 aliphatic rings. The Bertz CT molecular complexity index is 1080. The molecule has 2 aromatic heterocycles. The Labute approximate surface area is 180 Å². The van der Waals surface area contributed by atoms with Crippen molar-refractivity contribution in [3.8, 4) is 11.3 Å². The van der Waals surface area contributed by atoms with E-state index in [0.717, 1.165) is 18.4 Å². The van der Waals surface area contributed by atoms with Crippen molar-refractivity contribution in [3.63, 3.8) is 0 Å². The van der Waals surface area contributed by atoms with Crippen molar-refractivity contribution in [1.29, 1.82) is 0 Å². The first kappa shape index (κ1) is 19.5. The van der Waals surface area contributed by atoms with Gasteiger partial charge in [-0.3, -0.25) is 9.59 Å². The van der Waals surface area contributed by atoms with Crippen molar-refractivity contribution in [2.24, 2.45) is 11.8 Å². The summed E-state index contributed by atoms with van der Waals surface area (Å²) in [6.45, 7) is 3.10. The Hall–Kier alpha value is -3.48. The Balaban J connectivity index is 1.35. The number of aryl methyl sites for hydroxylation is 1. The molecule has 158 valence electrons. The number of carbonyl (C=O) groups excluding carboxylic acids is 2. The molecule has 2 bridgehead atoms. The molecule has 7 heteroatoms. The maximum Gasteiger partial charge on any atom is 0.267 e. The maximum atomic E-state index is 13.5. The van der Waals surface area contributed by atoms with Gasteiger partial charge in [-0.2, -0.15) is 0 Å². The fourth-order valence-electron chi connectivity index (χ4n) is 4.94. The van der Waals surface area contributed by atoms with Crippen LogP contribution in [0.15, 0.2) is 54.9 Å². The number of carbonyl (C=O) groups is 2. The minimum atomic E-state index is -0.0787. The lowest BCUT2D eigenvalue weighted by molar-refractivity contribution is 0.0597. The molecule has 2 N–H and O–H groups in total. The molecule has 5 rings (SSSR count). The second-order valence-electron chi connectivity index (χ2n) is 8.44. The van der Waals surface area contributed by atoms with Crippen molar-refractivity contribution in [2.45, 2.75) is 25.8 Å². The van der Waals surface area contributed by atoms with Crippen LogP contribution in [-0.4, -0.2) is 50.8 Å². The van der Waals surface area contributed by atoms with E-state index in [2.05, 4.69) is 20.3 Å². The van der Waals surface area contributed by atoms with Gasteiger partial charge in [0.15, 0.2) is 0 Å². The van der Waals surface area contributed by atoms with Gasteiger partial charge < -0.3 is 15.2 Å². The lowest BCUT2D eigenvalue weighted by atomic mass is 9.91. The van der Waals surface area contributed by atoms with Crippen LogP contribution in [0, 0.1) is 18.8 Å². The molecule has 2 amide bonds. The van der Waals surface area contributed by atoms with Crippen LogP contribution < -0.4 is 5.32 Å². The summed E-state index contributed by atoms with van der Waals surface area (Å²) in [5.41, 5.74) is 2.69. The molecule has 0 spiro atoms. The third kappa shape index (κ3) is 3.71. The topological polar surface area (TPSA) is 91.0 Å². The minimum absolute atomic E-state index is 0.0371. The number of benzene rings is 1. The van der Waals surface area contributed by atoms with E-state index in [4.69, 9.17) is 0 Å². The molecule has 1 saturated heterocycles. The fourth-order valence-corrected chi connectivity index (χ4v) is 4.94. The lowest BCUT2D eigenvalue weighted by Crippen LogP contribution is -2.54. The number of nitrogens with zero attached hydrogens (tertiary/aromatic N) is 3. The Morgan fingerprint density at radius 2 is 1.81 bits per heavy atom. The van der Waals surface area contributed by atoms with Crippen molar-refractivity contribution in [1.82, 2.24) is 25.2 Å². The van der Waals surface area contributed by atoms with E-state index in [9.17, 15) is 9.59 Å². The van der Waals surface area contributed by atoms with Gasteiger partial charge in [0.05, 0.1) is 11.3 Å². The zero-order valence-electron chi connectivity index (χ0n) is 17.4. The number of fused-ring (bicyclic) bond motifs is 2. The molecule has 1 unspecified atom stereocenters. The monoisotopic (exact) mass is 415 g/mol. The predicted molar refractivity (Wildman–Crippen MR) is 116 cm³/mol. The summed E-state index contributed by atoms with van der Waals surface area (Å²) in [5.74, 6) is 1.04. The predicted octanol–water partition coefficient (Wildman–Crippen LogP) is 3.06. The van der Waals surface area contributed by atoms with Gasteiger partial charge in [-0.1, -0.05) is 30.3 Å². The SMILES string of the molecule is Cc1ncc(C(=O)N2C[C@H]3CC[C@@H](C2)C3NC(=O)c2ccc[nH]2)c(-c2ccccc2)n1. The van der Waals surface area contributed by atoms with Gasteiger partial charge in [0, 0.05) is 37.1 Å². The van der Waals surface area contributed by atoms with Crippen LogP contribution in [0.25, 0.3) is 11.3 Å². The number of aromatic amines is 1. The Morgan fingerprint density at radius 3 is 2.48 bits per heavy atom. The van der Waals surface area contributed by atoms with E-state index in [1.54, 1.807) is 18.5 Å². The van der Waals surface area contributed by atoms with E-state index >= 15 is 0 Å². The summed E-state index contributed by atoms with van der Waals surface area (Å²) in [5, 5.41) is 3.19. The fraction of sp³-hybridized carbons (Fsp3) is 0.333. The number of piperidine rings is 1. The summed E-state index contributed by atoms with van der Waals surface area (Å²) < 4.78 is 0. The minimum Gasteiger partial charge on any atom is -0.357 e. The molecule has 31 heavy (non-hydrogen) atoms. The lowest BCUT2D eigenvalue weighted by Gasteiger charge is -2.38. The van der Waals surface area contributed by atoms with Crippen LogP contribution in [0.2, 0.25) is 0 Å². The van der Waals surface area contributed by atoms with Crippen LogP contribution in [0.1, 0.15) is 39.5 Å². The van der Waals surface area contributed by atoms with Gasteiger partial charge in [0.25, 0.3) is 11.8 Å². The quantitative estimate of drug-likeness (QED) is 0.685.